The van der Waals surface area contributed by atoms with Crippen molar-refractivity contribution in [3.8, 4) is 6.07 Å². The standard InChI is InChI=1S/C32H30F4N2O2S/c1-3-5-17-38(18-6-4-2)23-10-7-21(8-11-23)9-12-24-13-14-25(41-24)15-16-26-28(33)30(35)27(31(36)29(26)34)19-22(20-37)32(39)40/h7-16,19H,3-6,17-18H2,1-2H3,(H,39,40)/b12-9+,16-15+,22-19-. The molecule has 0 atom stereocenters. The van der Waals surface area contributed by atoms with E-state index in [9.17, 15) is 22.4 Å². The minimum absolute atomic E-state index is 0.257. The highest BCUT2D eigenvalue weighted by Crippen LogP contribution is 2.29. The van der Waals surface area contributed by atoms with Gasteiger partial charge in [0, 0.05) is 28.5 Å². The minimum Gasteiger partial charge on any atom is -0.477 e. The lowest BCUT2D eigenvalue weighted by molar-refractivity contribution is -0.132. The molecule has 9 heteroatoms. The molecular weight excluding hydrogens is 552 g/mol. The van der Waals surface area contributed by atoms with Crippen molar-refractivity contribution in [1.29, 1.82) is 5.26 Å². The third-order valence-electron chi connectivity index (χ3n) is 6.29. The zero-order valence-corrected chi connectivity index (χ0v) is 23.6. The highest BCUT2D eigenvalue weighted by molar-refractivity contribution is 7.13. The van der Waals surface area contributed by atoms with Gasteiger partial charge in [-0.3, -0.25) is 0 Å². The third kappa shape index (κ3) is 8.18. The fourth-order valence-electron chi connectivity index (χ4n) is 3.98. The van der Waals surface area contributed by atoms with Crippen LogP contribution in [0.15, 0.2) is 42.0 Å². The van der Waals surface area contributed by atoms with Crippen LogP contribution in [0.25, 0.3) is 30.4 Å². The van der Waals surface area contributed by atoms with Crippen LogP contribution in [0, 0.1) is 34.6 Å². The summed E-state index contributed by atoms with van der Waals surface area (Å²) in [7, 11) is 0. The van der Waals surface area contributed by atoms with Gasteiger partial charge in [0.2, 0.25) is 0 Å². The molecule has 0 saturated carbocycles. The van der Waals surface area contributed by atoms with Crippen molar-refractivity contribution in [1.82, 2.24) is 0 Å². The topological polar surface area (TPSA) is 64.3 Å². The summed E-state index contributed by atoms with van der Waals surface area (Å²) in [6.45, 7) is 6.42. The number of nitriles is 1. The molecule has 1 aromatic heterocycles. The van der Waals surface area contributed by atoms with E-state index in [4.69, 9.17) is 10.4 Å². The number of nitrogens with zero attached hydrogens (tertiary/aromatic N) is 2. The lowest BCUT2D eigenvalue weighted by Crippen LogP contribution is -2.25. The summed E-state index contributed by atoms with van der Waals surface area (Å²) in [4.78, 5) is 14.8. The zero-order valence-electron chi connectivity index (χ0n) is 22.8. The minimum atomic E-state index is -1.79. The molecule has 0 amide bonds. The zero-order chi connectivity index (χ0) is 29.9. The molecule has 0 aliphatic heterocycles. The van der Waals surface area contributed by atoms with E-state index in [1.54, 1.807) is 6.07 Å². The molecule has 0 unspecified atom stereocenters. The Hall–Kier alpha value is -4.16. The summed E-state index contributed by atoms with van der Waals surface area (Å²) in [5.41, 5.74) is -1.10. The molecule has 214 valence electrons. The number of benzene rings is 2. The number of hydrogen-bond acceptors (Lipinski definition) is 4. The Kier molecular flexibility index (Phi) is 11.5. The molecule has 2 aromatic carbocycles. The number of halogens is 4. The van der Waals surface area contributed by atoms with E-state index >= 15 is 0 Å². The summed E-state index contributed by atoms with van der Waals surface area (Å²) in [5, 5.41) is 17.7. The first-order valence-electron chi connectivity index (χ1n) is 13.2. The number of anilines is 1. The van der Waals surface area contributed by atoms with Crippen LogP contribution in [0.2, 0.25) is 0 Å². The van der Waals surface area contributed by atoms with Crippen molar-refractivity contribution < 1.29 is 27.5 Å². The molecule has 0 bridgehead atoms. The van der Waals surface area contributed by atoms with E-state index < -0.39 is 45.9 Å². The average Bonchev–Trinajstić information content (AvgIpc) is 3.43. The van der Waals surface area contributed by atoms with E-state index in [-0.39, 0.29) is 6.08 Å². The SMILES string of the molecule is CCCCN(CCCC)c1ccc(/C=C/c2ccc(/C=C/c3c(F)c(F)c(/C=C(/C#N)C(=O)O)c(F)c3F)s2)cc1. The molecule has 0 radical (unpaired) electrons. The lowest BCUT2D eigenvalue weighted by Gasteiger charge is -2.24. The average molecular weight is 583 g/mol. The van der Waals surface area contributed by atoms with Crippen LogP contribution in [0.4, 0.5) is 23.2 Å². The molecule has 0 saturated heterocycles. The Morgan fingerprint density at radius 3 is 1.83 bits per heavy atom. The molecule has 3 rings (SSSR count). The number of thiophene rings is 1. The second-order valence-electron chi connectivity index (χ2n) is 9.25. The van der Waals surface area contributed by atoms with Crippen LogP contribution >= 0.6 is 11.3 Å². The molecule has 4 nitrogen and oxygen atoms in total. The van der Waals surface area contributed by atoms with Gasteiger partial charge in [-0.25, -0.2) is 22.4 Å². The van der Waals surface area contributed by atoms with E-state index in [1.165, 1.54) is 29.2 Å². The normalized spacial score (nSPS) is 11.9. The van der Waals surface area contributed by atoms with Crippen molar-refractivity contribution in [2.75, 3.05) is 18.0 Å². The number of carboxylic acids is 1. The quantitative estimate of drug-likeness (QED) is 0.0945. The van der Waals surface area contributed by atoms with Gasteiger partial charge in [-0.2, -0.15) is 5.26 Å². The Labute approximate surface area is 241 Å². The second kappa shape index (κ2) is 15.0. The number of carbonyl (C=O) groups is 1. The molecule has 1 heterocycles. The Morgan fingerprint density at radius 1 is 0.829 bits per heavy atom. The van der Waals surface area contributed by atoms with Gasteiger partial charge in [0.05, 0.1) is 11.1 Å². The van der Waals surface area contributed by atoms with Crippen LogP contribution < -0.4 is 4.90 Å². The van der Waals surface area contributed by atoms with Crippen LogP contribution in [0.1, 0.15) is 66.0 Å². The molecule has 41 heavy (non-hydrogen) atoms. The predicted octanol–water partition coefficient (Wildman–Crippen LogP) is 9.04. The number of unbranched alkanes of at least 4 members (excludes halogenated alkanes) is 2. The molecular formula is C32H30F4N2O2S. The summed E-state index contributed by atoms with van der Waals surface area (Å²) in [6, 6.07) is 13.0. The van der Waals surface area contributed by atoms with Gasteiger partial charge in [0.15, 0.2) is 23.3 Å². The van der Waals surface area contributed by atoms with Gasteiger partial charge in [0.25, 0.3) is 0 Å². The van der Waals surface area contributed by atoms with Crippen molar-refractivity contribution >= 4 is 53.4 Å². The maximum absolute atomic E-state index is 14.6. The molecule has 0 aliphatic carbocycles. The molecule has 1 N–H and O–H groups in total. The van der Waals surface area contributed by atoms with Crippen LogP contribution in [0.5, 0.6) is 0 Å². The van der Waals surface area contributed by atoms with Crippen molar-refractivity contribution in [3.05, 3.63) is 91.7 Å². The van der Waals surface area contributed by atoms with Crippen LogP contribution in [-0.2, 0) is 4.79 Å². The molecule has 0 fully saturated rings. The number of aliphatic carboxylic acids is 1. The molecule has 3 aromatic rings. The maximum Gasteiger partial charge on any atom is 0.346 e. The smallest absolute Gasteiger partial charge is 0.346 e. The number of hydrogen-bond donors (Lipinski definition) is 1. The number of rotatable bonds is 13. The Balaban J connectivity index is 1.76. The third-order valence-corrected chi connectivity index (χ3v) is 7.31. The largest absolute Gasteiger partial charge is 0.477 e. The summed E-state index contributed by atoms with van der Waals surface area (Å²) in [5.74, 6) is -8.77. The van der Waals surface area contributed by atoms with Crippen LogP contribution in [0.3, 0.4) is 0 Å². The summed E-state index contributed by atoms with van der Waals surface area (Å²) in [6.07, 6.45) is 10.9. The fourth-order valence-corrected chi connectivity index (χ4v) is 4.80. The van der Waals surface area contributed by atoms with E-state index in [0.29, 0.717) is 4.88 Å². The molecule has 0 spiro atoms. The maximum atomic E-state index is 14.6. The van der Waals surface area contributed by atoms with Gasteiger partial charge in [-0.1, -0.05) is 44.9 Å². The fraction of sp³-hybridized carbons (Fsp3) is 0.250. The Morgan fingerprint density at radius 2 is 1.34 bits per heavy atom. The van der Waals surface area contributed by atoms with Crippen molar-refractivity contribution in [2.24, 2.45) is 0 Å². The van der Waals surface area contributed by atoms with Gasteiger partial charge in [-0.05, 0) is 67.0 Å². The molecule has 0 aliphatic rings. The van der Waals surface area contributed by atoms with Gasteiger partial charge < -0.3 is 10.0 Å². The Bertz CT molecular complexity index is 1460. The van der Waals surface area contributed by atoms with Crippen molar-refractivity contribution in [2.45, 2.75) is 39.5 Å². The lowest BCUT2D eigenvalue weighted by atomic mass is 10.0. The highest BCUT2D eigenvalue weighted by Gasteiger charge is 2.24. The highest BCUT2D eigenvalue weighted by atomic mass is 32.1. The monoisotopic (exact) mass is 582 g/mol. The van der Waals surface area contributed by atoms with E-state index in [0.717, 1.165) is 55.3 Å². The van der Waals surface area contributed by atoms with Crippen molar-refractivity contribution in [3.63, 3.8) is 0 Å². The van der Waals surface area contributed by atoms with E-state index in [2.05, 4.69) is 43.0 Å². The first-order chi connectivity index (χ1) is 19.7. The summed E-state index contributed by atoms with van der Waals surface area (Å²) < 4.78 is 58.1. The number of carboxylic acid groups (broad SMARTS) is 1. The van der Waals surface area contributed by atoms with Gasteiger partial charge in [0.1, 0.15) is 11.6 Å². The predicted molar refractivity (Wildman–Crippen MR) is 158 cm³/mol. The second-order valence-corrected chi connectivity index (χ2v) is 10.4. The summed E-state index contributed by atoms with van der Waals surface area (Å²) >= 11 is 1.31. The van der Waals surface area contributed by atoms with Crippen LogP contribution in [-0.4, -0.2) is 24.2 Å². The first kappa shape index (κ1) is 31.4. The van der Waals surface area contributed by atoms with E-state index in [1.807, 2.05) is 18.2 Å². The van der Waals surface area contributed by atoms with Gasteiger partial charge >= 0.3 is 5.97 Å². The first-order valence-corrected chi connectivity index (χ1v) is 14.0. The van der Waals surface area contributed by atoms with Gasteiger partial charge in [-0.15, -0.1) is 11.3 Å².